The Morgan fingerprint density at radius 3 is 2.30 bits per heavy atom. The minimum Gasteiger partial charge on any atom is -1.00 e. The number of aromatic nitrogens is 1. The number of benzene rings is 2. The fourth-order valence-electron chi connectivity index (χ4n) is 3.68. The summed E-state index contributed by atoms with van der Waals surface area (Å²) in [5.74, 6) is 0. The minimum absolute atomic E-state index is 0. The van der Waals surface area contributed by atoms with Crippen molar-refractivity contribution in [3.63, 3.8) is 0 Å². The van der Waals surface area contributed by atoms with Gasteiger partial charge in [0.1, 0.15) is 11.7 Å². The minimum atomic E-state index is -3.67. The Bertz CT molecular complexity index is 1080. The first-order chi connectivity index (χ1) is 13.7. The zero-order valence-electron chi connectivity index (χ0n) is 17.1. The first-order valence-corrected chi connectivity index (χ1v) is 9.93. The van der Waals surface area contributed by atoms with Crippen molar-refractivity contribution >= 4 is 46.1 Å². The fourth-order valence-corrected chi connectivity index (χ4v) is 4.68. The average Bonchev–Trinajstić information content (AvgIpc) is 3.09. The van der Waals surface area contributed by atoms with Gasteiger partial charge in [-0.1, -0.05) is 44.2 Å². The van der Waals surface area contributed by atoms with Crippen molar-refractivity contribution in [3.8, 4) is 0 Å². The maximum atomic E-state index is 9.67. The number of allylic oxidation sites excluding steroid dienone is 2. The van der Waals surface area contributed by atoms with Crippen molar-refractivity contribution in [3.05, 3.63) is 65.9 Å². The van der Waals surface area contributed by atoms with Gasteiger partial charge >= 0.3 is 12.7 Å². The molecule has 4 rings (SSSR count). The lowest BCUT2D eigenvalue weighted by molar-refractivity contribution is -0.627. The second-order valence-electron chi connectivity index (χ2n) is 7.19. The monoisotopic (exact) mass is 435 g/mol. The Morgan fingerprint density at radius 1 is 1.07 bits per heavy atom. The molecule has 0 amide bonds. The molecular formula is C21H22BF4N3S. The number of aliphatic imine (C=N–C) groups is 1. The largest absolute Gasteiger partial charge is 1.00 e. The van der Waals surface area contributed by atoms with Gasteiger partial charge < -0.3 is 9.60 Å². The van der Waals surface area contributed by atoms with E-state index >= 15 is 0 Å². The highest BCUT2D eigenvalue weighted by atomic mass is 32.1. The van der Waals surface area contributed by atoms with Crippen LogP contribution in [0.5, 0.6) is 0 Å². The highest BCUT2D eigenvalue weighted by Gasteiger charge is 2.37. The van der Waals surface area contributed by atoms with Crippen LogP contribution in [-0.2, 0) is 12.5 Å². The Morgan fingerprint density at radius 2 is 1.67 bits per heavy atom. The molecule has 0 spiro atoms. The van der Waals surface area contributed by atoms with Gasteiger partial charge in [-0.15, -0.1) is 0 Å². The van der Waals surface area contributed by atoms with Crippen LogP contribution in [-0.4, -0.2) is 20.8 Å². The molecule has 30 heavy (non-hydrogen) atoms. The SMILES string of the molecule is CN1C(=CC=Nc2sc3ccccc3[n+]2C)C(C)(C)c2ccccc21.FB(F)F.[F-]. The Hall–Kier alpha value is -2.68. The molecule has 0 fully saturated rings. The van der Waals surface area contributed by atoms with Crippen LogP contribution in [0.3, 0.4) is 0 Å². The number of hydrogen-bond acceptors (Lipinski definition) is 3. The van der Waals surface area contributed by atoms with Gasteiger partial charge in [0.2, 0.25) is 0 Å². The van der Waals surface area contributed by atoms with Gasteiger partial charge in [-0.3, -0.25) is 12.9 Å². The van der Waals surface area contributed by atoms with E-state index in [-0.39, 0.29) is 10.1 Å². The van der Waals surface area contributed by atoms with Crippen LogP contribution in [0.15, 0.2) is 65.3 Å². The van der Waals surface area contributed by atoms with Crippen molar-refractivity contribution in [2.45, 2.75) is 19.3 Å². The molecule has 0 N–H and O–H groups in total. The number of nitrogens with zero attached hydrogens (tertiary/aromatic N) is 3. The standard InChI is InChI=1S/C21H22N3S.BF3.FH/c1-21(2)15-9-5-6-10-16(15)23(3)19(21)13-14-22-20-24(4)17-11-7-8-12-18(17)25-20;2-1(3)4;/h5-14H,1-4H3;;1H/q+1;;/p-1. The van der Waals surface area contributed by atoms with Gasteiger partial charge in [0.25, 0.3) is 0 Å². The smallest absolute Gasteiger partial charge is 0.762 e. The third-order valence-electron chi connectivity index (χ3n) is 5.07. The summed E-state index contributed by atoms with van der Waals surface area (Å²) in [6.45, 7) is 4.54. The highest BCUT2D eigenvalue weighted by molar-refractivity contribution is 7.21. The normalized spacial score (nSPS) is 15.7. The molecule has 2 aromatic carbocycles. The Kier molecular flexibility index (Phi) is 7.41. The third-order valence-corrected chi connectivity index (χ3v) is 6.20. The number of fused-ring (bicyclic) bond motifs is 2. The molecule has 1 aliphatic heterocycles. The molecule has 3 aromatic rings. The number of anilines is 1. The van der Waals surface area contributed by atoms with Crippen molar-refractivity contribution in [1.29, 1.82) is 0 Å². The maximum Gasteiger partial charge on any atom is 0.762 e. The van der Waals surface area contributed by atoms with Gasteiger partial charge in [0.05, 0.1) is 11.7 Å². The summed E-state index contributed by atoms with van der Waals surface area (Å²) in [7, 11) is 0.535. The summed E-state index contributed by atoms with van der Waals surface area (Å²) in [5.41, 5.74) is 5.11. The van der Waals surface area contributed by atoms with Crippen molar-refractivity contribution < 1.29 is 22.2 Å². The molecule has 158 valence electrons. The number of aryl methyl sites for hydroxylation is 1. The lowest BCUT2D eigenvalue weighted by Crippen LogP contribution is -3.00. The van der Waals surface area contributed by atoms with E-state index in [9.17, 15) is 12.9 Å². The summed E-state index contributed by atoms with van der Waals surface area (Å²) in [5, 5.41) is 1.01. The van der Waals surface area contributed by atoms with E-state index in [4.69, 9.17) is 4.99 Å². The lowest BCUT2D eigenvalue weighted by atomic mass is 9.84. The zero-order valence-corrected chi connectivity index (χ0v) is 17.9. The van der Waals surface area contributed by atoms with Gasteiger partial charge in [-0.2, -0.15) is 0 Å². The fraction of sp³-hybridized carbons (Fsp3) is 0.238. The van der Waals surface area contributed by atoms with Crippen LogP contribution >= 0.6 is 11.3 Å². The zero-order chi connectivity index (χ0) is 21.2. The highest BCUT2D eigenvalue weighted by Crippen LogP contribution is 2.46. The molecule has 0 unspecified atom stereocenters. The number of para-hydroxylation sites is 2. The summed E-state index contributed by atoms with van der Waals surface area (Å²) in [4.78, 5) is 6.99. The van der Waals surface area contributed by atoms with Crippen LogP contribution in [0, 0.1) is 0 Å². The van der Waals surface area contributed by atoms with E-state index in [0.717, 1.165) is 5.13 Å². The van der Waals surface area contributed by atoms with E-state index in [1.165, 1.54) is 27.2 Å². The van der Waals surface area contributed by atoms with Crippen molar-refractivity contribution in [2.24, 2.45) is 12.0 Å². The Labute approximate surface area is 177 Å². The number of halogens is 4. The molecule has 9 heteroatoms. The van der Waals surface area contributed by atoms with Gasteiger partial charge in [-0.25, -0.2) is 4.57 Å². The van der Waals surface area contributed by atoms with Crippen LogP contribution < -0.4 is 14.2 Å². The summed E-state index contributed by atoms with van der Waals surface area (Å²) >= 11 is 1.72. The van der Waals surface area contributed by atoms with Gasteiger partial charge in [0.15, 0.2) is 0 Å². The quantitative estimate of drug-likeness (QED) is 0.262. The van der Waals surface area contributed by atoms with E-state index in [2.05, 4.69) is 92.0 Å². The molecule has 0 aliphatic carbocycles. The molecule has 0 saturated carbocycles. The predicted octanol–water partition coefficient (Wildman–Crippen LogP) is 2.62. The topological polar surface area (TPSA) is 19.5 Å². The second kappa shape index (κ2) is 9.42. The van der Waals surface area contributed by atoms with Crippen LogP contribution in [0.2, 0.25) is 0 Å². The van der Waals surface area contributed by atoms with Crippen molar-refractivity contribution in [2.75, 3.05) is 11.9 Å². The molecule has 0 radical (unpaired) electrons. The third kappa shape index (κ3) is 4.56. The number of likely N-dealkylation sites (N-methyl/N-ethyl adjacent to an activating group) is 1. The molecule has 0 saturated heterocycles. The van der Waals surface area contributed by atoms with E-state index in [1.807, 2.05) is 6.21 Å². The first-order valence-electron chi connectivity index (χ1n) is 9.11. The first kappa shape index (κ1) is 23.6. The molecule has 1 aromatic heterocycles. The lowest BCUT2D eigenvalue weighted by Gasteiger charge is -2.23. The second-order valence-corrected chi connectivity index (χ2v) is 8.20. The molecular weight excluding hydrogens is 413 g/mol. The summed E-state index contributed by atoms with van der Waals surface area (Å²) in [6.07, 6.45) is 4.08. The average molecular weight is 435 g/mol. The van der Waals surface area contributed by atoms with Gasteiger partial charge in [-0.05, 0) is 40.1 Å². The Balaban J connectivity index is 0.000000591. The number of thiazole rings is 1. The van der Waals surface area contributed by atoms with E-state index in [1.54, 1.807) is 11.3 Å². The number of rotatable bonds is 2. The van der Waals surface area contributed by atoms with Gasteiger partial charge in [0, 0.05) is 29.9 Å². The number of hydrogen-bond donors (Lipinski definition) is 0. The van der Waals surface area contributed by atoms with Crippen LogP contribution in [0.25, 0.3) is 10.2 Å². The summed E-state index contributed by atoms with van der Waals surface area (Å²) < 4.78 is 32.4. The maximum absolute atomic E-state index is 9.67. The predicted molar refractivity (Wildman–Crippen MR) is 116 cm³/mol. The van der Waals surface area contributed by atoms with Crippen LogP contribution in [0.4, 0.5) is 23.8 Å². The van der Waals surface area contributed by atoms with E-state index < -0.39 is 7.54 Å². The van der Waals surface area contributed by atoms with E-state index in [0.29, 0.717) is 0 Å². The molecule has 3 nitrogen and oxygen atoms in total. The molecule has 2 heterocycles. The molecule has 0 bridgehead atoms. The molecule has 1 aliphatic rings. The van der Waals surface area contributed by atoms with Crippen molar-refractivity contribution in [1.82, 2.24) is 0 Å². The summed E-state index contributed by atoms with van der Waals surface area (Å²) in [6, 6.07) is 17.0. The van der Waals surface area contributed by atoms with Crippen LogP contribution in [0.1, 0.15) is 19.4 Å². The molecule has 0 atom stereocenters.